The second-order valence-corrected chi connectivity index (χ2v) is 15.1. The van der Waals surface area contributed by atoms with E-state index in [9.17, 15) is 0 Å². The van der Waals surface area contributed by atoms with E-state index in [0.29, 0.717) is 0 Å². The average molecular weight is 626 g/mol. The zero-order valence-electron chi connectivity index (χ0n) is 27.1. The first kappa shape index (κ1) is 25.3. The largest absolute Gasteiger partial charge is 0.456 e. The smallest absolute Gasteiger partial charge is 0.329 e. The fourth-order valence-electron chi connectivity index (χ4n) is 10.8. The Morgan fingerprint density at radius 2 is 1.41 bits per heavy atom. The minimum Gasteiger partial charge on any atom is -0.456 e. The van der Waals surface area contributed by atoms with Crippen LogP contribution in [0.2, 0.25) is 0 Å². The van der Waals surface area contributed by atoms with Gasteiger partial charge in [-0.25, -0.2) is 0 Å². The van der Waals surface area contributed by atoms with Gasteiger partial charge < -0.3 is 13.3 Å². The number of hydrogen-bond donors (Lipinski definition) is 0. The standard InChI is InChI=1S/C45H28BNO2/c1-45(2)32-17-6-3-12-24(32)43-40(45)28-16-9-14-26-39-38-25-13-5-8-20-35(25)48-36(38)22-30-29-21-31-23-11-4-7-19-34(23)49-44(31)27-15-10-18-33(37(27)29)46(41(30)39)47(43)42(26)28/h3-20,22,29H,21H2,1-2H3. The Labute approximate surface area is 282 Å². The van der Waals surface area contributed by atoms with Gasteiger partial charge in [0, 0.05) is 66.3 Å². The quantitative estimate of drug-likeness (QED) is 0.157. The van der Waals surface area contributed by atoms with Crippen LogP contribution in [0.5, 0.6) is 0 Å². The number of rotatable bonds is 0. The van der Waals surface area contributed by atoms with Crippen molar-refractivity contribution >= 4 is 61.6 Å². The molecular formula is C45H28BNO2. The van der Waals surface area contributed by atoms with E-state index in [1.165, 1.54) is 93.8 Å². The Balaban J connectivity index is 1.26. The highest BCUT2D eigenvalue weighted by Crippen LogP contribution is 2.57. The summed E-state index contributed by atoms with van der Waals surface area (Å²) in [4.78, 5) is 0. The van der Waals surface area contributed by atoms with E-state index in [4.69, 9.17) is 8.83 Å². The summed E-state index contributed by atoms with van der Waals surface area (Å²) >= 11 is 0. The predicted octanol–water partition coefficient (Wildman–Crippen LogP) is 9.90. The van der Waals surface area contributed by atoms with E-state index >= 15 is 0 Å². The maximum atomic E-state index is 6.77. The van der Waals surface area contributed by atoms with E-state index in [1.54, 1.807) is 0 Å². The zero-order chi connectivity index (χ0) is 31.9. The molecule has 9 aromatic rings. The van der Waals surface area contributed by atoms with Crippen molar-refractivity contribution < 1.29 is 8.83 Å². The molecule has 0 radical (unpaired) electrons. The van der Waals surface area contributed by atoms with Gasteiger partial charge >= 0.3 is 6.85 Å². The third-order valence-corrected chi connectivity index (χ3v) is 12.6. The topological polar surface area (TPSA) is 31.2 Å². The molecule has 1 unspecified atom stereocenters. The molecule has 4 heteroatoms. The average Bonchev–Trinajstić information content (AvgIpc) is 3.86. The summed E-state index contributed by atoms with van der Waals surface area (Å²) < 4.78 is 16.2. The molecule has 3 nitrogen and oxygen atoms in total. The lowest BCUT2D eigenvalue weighted by Gasteiger charge is -2.40. The van der Waals surface area contributed by atoms with E-state index < -0.39 is 0 Å². The van der Waals surface area contributed by atoms with Gasteiger partial charge in [-0.3, -0.25) is 0 Å². The number of furan rings is 2. The van der Waals surface area contributed by atoms with Crippen molar-refractivity contribution in [3.63, 3.8) is 0 Å². The molecule has 1 atom stereocenters. The molecule has 0 N–H and O–H groups in total. The van der Waals surface area contributed by atoms with Crippen LogP contribution in [-0.4, -0.2) is 11.3 Å². The molecule has 0 saturated heterocycles. The van der Waals surface area contributed by atoms with Crippen molar-refractivity contribution in [3.8, 4) is 33.7 Å². The summed E-state index contributed by atoms with van der Waals surface area (Å²) in [6.07, 6.45) is 0.901. The van der Waals surface area contributed by atoms with Gasteiger partial charge in [0.25, 0.3) is 0 Å². The highest BCUT2D eigenvalue weighted by atomic mass is 16.3. The van der Waals surface area contributed by atoms with Crippen LogP contribution in [-0.2, 0) is 11.8 Å². The van der Waals surface area contributed by atoms with Crippen molar-refractivity contribution in [1.29, 1.82) is 0 Å². The Bertz CT molecular complexity index is 3020. The molecule has 2 aliphatic carbocycles. The van der Waals surface area contributed by atoms with Crippen LogP contribution in [0, 0.1) is 0 Å². The lowest BCUT2D eigenvalue weighted by molar-refractivity contribution is 0.615. The maximum absolute atomic E-state index is 6.77. The molecule has 2 aliphatic heterocycles. The monoisotopic (exact) mass is 625 g/mol. The maximum Gasteiger partial charge on any atom is 0.329 e. The van der Waals surface area contributed by atoms with E-state index in [1.807, 2.05) is 0 Å². The molecule has 228 valence electrons. The molecule has 0 saturated carbocycles. The third-order valence-electron chi connectivity index (χ3n) is 12.6. The van der Waals surface area contributed by atoms with Crippen LogP contribution in [0.15, 0.2) is 124 Å². The van der Waals surface area contributed by atoms with Gasteiger partial charge in [-0.2, -0.15) is 0 Å². The van der Waals surface area contributed by atoms with Crippen molar-refractivity contribution in [2.24, 2.45) is 0 Å². The molecule has 4 aliphatic rings. The molecule has 6 aromatic carbocycles. The Morgan fingerprint density at radius 1 is 0.694 bits per heavy atom. The SMILES string of the molecule is CC1(C)c2ccccc2-c2c1c1cccc3c1n2B1c2cccc4c2C(Cc2c-4oc4ccccc24)c2cc4oc5ccccc5c4c-3c21. The Morgan fingerprint density at radius 3 is 2.31 bits per heavy atom. The fraction of sp³-hybridized carbons (Fsp3) is 0.111. The number of nitrogens with zero attached hydrogens (tertiary/aromatic N) is 1. The third kappa shape index (κ3) is 2.70. The van der Waals surface area contributed by atoms with Gasteiger partial charge in [-0.05, 0) is 63.4 Å². The lowest BCUT2D eigenvalue weighted by atomic mass is 9.40. The summed E-state index contributed by atoms with van der Waals surface area (Å²) in [5.74, 6) is 1.23. The summed E-state index contributed by atoms with van der Waals surface area (Å²) in [6, 6.07) is 42.7. The van der Waals surface area contributed by atoms with Crippen LogP contribution < -0.4 is 10.9 Å². The van der Waals surface area contributed by atoms with E-state index in [-0.39, 0.29) is 18.2 Å². The minimum atomic E-state index is -0.123. The number of aromatic nitrogens is 1. The normalized spacial score (nSPS) is 17.0. The molecular weight excluding hydrogens is 597 g/mol. The lowest BCUT2D eigenvalue weighted by Crippen LogP contribution is -2.58. The van der Waals surface area contributed by atoms with Crippen molar-refractivity contribution in [2.75, 3.05) is 0 Å². The van der Waals surface area contributed by atoms with Gasteiger partial charge in [0.2, 0.25) is 0 Å². The number of fused-ring (bicyclic) bond motifs is 17. The summed E-state index contributed by atoms with van der Waals surface area (Å²) in [7, 11) is 0. The molecule has 0 spiro atoms. The molecule has 49 heavy (non-hydrogen) atoms. The highest BCUT2D eigenvalue weighted by molar-refractivity contribution is 6.88. The van der Waals surface area contributed by atoms with E-state index in [0.717, 1.165) is 28.9 Å². The second kappa shape index (κ2) is 8.10. The van der Waals surface area contributed by atoms with Gasteiger partial charge in [0.15, 0.2) is 0 Å². The van der Waals surface area contributed by atoms with Crippen LogP contribution in [0.3, 0.4) is 0 Å². The predicted molar refractivity (Wildman–Crippen MR) is 200 cm³/mol. The molecule has 0 bridgehead atoms. The summed E-state index contributed by atoms with van der Waals surface area (Å²) in [5, 5.41) is 5.01. The van der Waals surface area contributed by atoms with Crippen LogP contribution in [0.1, 0.15) is 47.6 Å². The van der Waals surface area contributed by atoms with Crippen LogP contribution >= 0.6 is 0 Å². The minimum absolute atomic E-state index is 0.0169. The van der Waals surface area contributed by atoms with Crippen molar-refractivity contribution in [3.05, 3.63) is 143 Å². The highest BCUT2D eigenvalue weighted by Gasteiger charge is 2.50. The van der Waals surface area contributed by atoms with Crippen molar-refractivity contribution in [1.82, 2.24) is 4.48 Å². The molecule has 3 aromatic heterocycles. The Kier molecular flexibility index (Phi) is 4.18. The van der Waals surface area contributed by atoms with Crippen molar-refractivity contribution in [2.45, 2.75) is 31.6 Å². The molecule has 5 heterocycles. The first-order valence-electron chi connectivity index (χ1n) is 17.5. The van der Waals surface area contributed by atoms with Gasteiger partial charge in [0.05, 0.1) is 0 Å². The molecule has 13 rings (SSSR count). The van der Waals surface area contributed by atoms with Gasteiger partial charge in [0.1, 0.15) is 22.5 Å². The number of para-hydroxylation sites is 3. The van der Waals surface area contributed by atoms with E-state index in [2.05, 4.69) is 134 Å². The number of hydrogen-bond acceptors (Lipinski definition) is 2. The summed E-state index contributed by atoms with van der Waals surface area (Å²) in [6.45, 7) is 4.84. The van der Waals surface area contributed by atoms with Gasteiger partial charge in [-0.1, -0.05) is 111 Å². The second-order valence-electron chi connectivity index (χ2n) is 15.1. The molecule has 0 amide bonds. The first-order valence-corrected chi connectivity index (χ1v) is 17.5. The van der Waals surface area contributed by atoms with Crippen LogP contribution in [0.25, 0.3) is 77.5 Å². The first-order chi connectivity index (χ1) is 24.1. The number of benzene rings is 6. The Hall–Kier alpha value is -5.74. The molecule has 0 fully saturated rings. The van der Waals surface area contributed by atoms with Crippen LogP contribution in [0.4, 0.5) is 0 Å². The van der Waals surface area contributed by atoms with Gasteiger partial charge in [-0.15, -0.1) is 0 Å². The summed E-state index contributed by atoms with van der Waals surface area (Å²) in [5.41, 5.74) is 20.5. The fourth-order valence-corrected chi connectivity index (χ4v) is 10.8. The zero-order valence-corrected chi connectivity index (χ0v) is 27.1.